The minimum Gasteiger partial charge on any atom is -0.349 e. The highest BCUT2D eigenvalue weighted by molar-refractivity contribution is 6.38. The van der Waals surface area contributed by atoms with Crippen molar-refractivity contribution in [1.82, 2.24) is 26.2 Å². The third kappa shape index (κ3) is 7.65. The van der Waals surface area contributed by atoms with E-state index < -0.39 is 47.3 Å². The summed E-state index contributed by atoms with van der Waals surface area (Å²) in [5.74, 6) is -2.47. The van der Waals surface area contributed by atoms with Crippen LogP contribution in [0, 0.1) is 23.2 Å². The molecule has 244 valence electrons. The molecule has 1 heterocycles. The third-order valence-electron chi connectivity index (χ3n) is 9.51. The SMILES string of the molecule is C=CCCNC(=O)C(=O)[C@H](CCC=C)NC(=O)[C@@H]1[C@@H]2[C@H](CN1C(=O)[C@@H](NC(=O)NC(C)(C)C)C1Cc3ccccc3C1)C2(C)C. The van der Waals surface area contributed by atoms with E-state index in [0.717, 1.165) is 11.1 Å². The Balaban J connectivity index is 1.58. The van der Waals surface area contributed by atoms with Gasteiger partial charge < -0.3 is 26.2 Å². The second-order valence-corrected chi connectivity index (χ2v) is 14.3. The van der Waals surface area contributed by atoms with E-state index in [0.29, 0.717) is 32.2 Å². The lowest BCUT2D eigenvalue weighted by Gasteiger charge is -2.35. The van der Waals surface area contributed by atoms with Gasteiger partial charge in [0, 0.05) is 18.6 Å². The Hall–Kier alpha value is -3.95. The zero-order valence-corrected chi connectivity index (χ0v) is 27.3. The molecule has 10 nitrogen and oxygen atoms in total. The van der Waals surface area contributed by atoms with Crippen LogP contribution in [0.4, 0.5) is 4.79 Å². The van der Waals surface area contributed by atoms with Crippen LogP contribution in [0.25, 0.3) is 0 Å². The molecule has 45 heavy (non-hydrogen) atoms. The van der Waals surface area contributed by atoms with Gasteiger partial charge in [0.25, 0.3) is 5.91 Å². The van der Waals surface area contributed by atoms with Crippen LogP contribution in [0.15, 0.2) is 49.6 Å². The molecule has 4 rings (SSSR count). The zero-order chi connectivity index (χ0) is 33.1. The number of benzene rings is 1. The minimum absolute atomic E-state index is 0.103. The number of carbonyl (C=O) groups excluding carboxylic acids is 5. The highest BCUT2D eigenvalue weighted by Gasteiger charge is 2.69. The van der Waals surface area contributed by atoms with E-state index in [1.165, 1.54) is 0 Å². The lowest BCUT2D eigenvalue weighted by atomic mass is 9.93. The van der Waals surface area contributed by atoms with Crippen LogP contribution < -0.4 is 21.3 Å². The molecule has 1 saturated carbocycles. The number of hydrogen-bond donors (Lipinski definition) is 4. The van der Waals surface area contributed by atoms with Gasteiger partial charge in [0.15, 0.2) is 0 Å². The van der Waals surface area contributed by atoms with Crippen LogP contribution in [0.5, 0.6) is 0 Å². The monoisotopic (exact) mass is 619 g/mol. The summed E-state index contributed by atoms with van der Waals surface area (Å²) in [6.07, 6.45) is 5.66. The molecule has 1 aromatic rings. The normalized spacial score (nSPS) is 22.7. The van der Waals surface area contributed by atoms with Crippen molar-refractivity contribution in [3.63, 3.8) is 0 Å². The summed E-state index contributed by atoms with van der Waals surface area (Å²) in [6, 6.07) is 4.83. The number of hydrogen-bond acceptors (Lipinski definition) is 5. The Morgan fingerprint density at radius 1 is 1.00 bits per heavy atom. The van der Waals surface area contributed by atoms with Crippen LogP contribution in [-0.2, 0) is 32.0 Å². The van der Waals surface area contributed by atoms with Gasteiger partial charge in [-0.25, -0.2) is 4.79 Å². The maximum atomic E-state index is 14.5. The van der Waals surface area contributed by atoms with Crippen LogP contribution >= 0.6 is 0 Å². The molecule has 5 amide bonds. The van der Waals surface area contributed by atoms with Crippen molar-refractivity contribution < 1.29 is 24.0 Å². The smallest absolute Gasteiger partial charge is 0.315 e. The molecule has 0 aromatic heterocycles. The Bertz CT molecular complexity index is 1320. The number of ketones is 1. The van der Waals surface area contributed by atoms with Crippen molar-refractivity contribution >= 4 is 29.5 Å². The van der Waals surface area contributed by atoms with Crippen molar-refractivity contribution in [3.05, 3.63) is 60.7 Å². The molecule has 0 unspecified atom stereocenters. The Morgan fingerprint density at radius 2 is 1.62 bits per heavy atom. The maximum absolute atomic E-state index is 14.5. The molecule has 0 radical (unpaired) electrons. The maximum Gasteiger partial charge on any atom is 0.315 e. The van der Waals surface area contributed by atoms with Crippen LogP contribution in [0.3, 0.4) is 0 Å². The molecule has 4 N–H and O–H groups in total. The van der Waals surface area contributed by atoms with Crippen molar-refractivity contribution in [3.8, 4) is 0 Å². The van der Waals surface area contributed by atoms with E-state index in [9.17, 15) is 24.0 Å². The van der Waals surface area contributed by atoms with Gasteiger partial charge in [-0.15, -0.1) is 13.2 Å². The average molecular weight is 620 g/mol. The number of Topliss-reactive ketones (excluding diaryl/α,β-unsaturated/α-hetero) is 1. The number of rotatable bonds is 13. The van der Waals surface area contributed by atoms with Crippen LogP contribution in [0.2, 0.25) is 0 Å². The lowest BCUT2D eigenvalue weighted by molar-refractivity contribution is -0.144. The highest BCUT2D eigenvalue weighted by Crippen LogP contribution is 2.65. The zero-order valence-electron chi connectivity index (χ0n) is 27.3. The number of allylic oxidation sites excluding steroid dienone is 1. The van der Waals surface area contributed by atoms with Gasteiger partial charge in [0.1, 0.15) is 12.1 Å². The largest absolute Gasteiger partial charge is 0.349 e. The molecule has 3 aliphatic rings. The van der Waals surface area contributed by atoms with Gasteiger partial charge in [-0.1, -0.05) is 50.3 Å². The standard InChI is InChI=1S/C35H49N5O5/c1-8-10-16-25(29(41)31(43)36-17-11-9-2)37-30(42)28-26-24(35(26,6)7)20-40(28)32(44)27(38-33(45)39-34(3,4)5)23-18-21-14-12-13-15-22(21)19-23/h8-9,12-15,23-28H,1-2,10-11,16-20H2,3-7H3,(H,36,43)(H,37,42)(H2,38,39,45)/t24-,25-,26-,27-,28-/m0/s1. The predicted octanol–water partition coefficient (Wildman–Crippen LogP) is 3.06. The van der Waals surface area contributed by atoms with E-state index >= 15 is 0 Å². The van der Waals surface area contributed by atoms with Gasteiger partial charge in [0.05, 0.1) is 6.04 Å². The Kier molecular flexibility index (Phi) is 10.2. The summed E-state index contributed by atoms with van der Waals surface area (Å²) in [4.78, 5) is 69.0. The van der Waals surface area contributed by atoms with Crippen molar-refractivity contribution in [2.45, 2.75) is 90.4 Å². The molecular formula is C35H49N5O5. The number of nitrogens with one attached hydrogen (secondary N) is 4. The second-order valence-electron chi connectivity index (χ2n) is 14.3. The highest BCUT2D eigenvalue weighted by atomic mass is 16.2. The molecule has 1 aromatic carbocycles. The molecule has 2 aliphatic carbocycles. The van der Waals surface area contributed by atoms with E-state index in [4.69, 9.17) is 0 Å². The number of urea groups is 1. The summed E-state index contributed by atoms with van der Waals surface area (Å²) in [5, 5.41) is 11.3. The molecular weight excluding hydrogens is 570 g/mol. The Morgan fingerprint density at radius 3 is 2.20 bits per heavy atom. The van der Waals surface area contributed by atoms with Gasteiger partial charge in [-0.3, -0.25) is 19.2 Å². The second kappa shape index (κ2) is 13.6. The first-order valence-electron chi connectivity index (χ1n) is 16.0. The molecule has 5 atom stereocenters. The first-order valence-corrected chi connectivity index (χ1v) is 16.0. The van der Waals surface area contributed by atoms with E-state index in [1.54, 1.807) is 17.1 Å². The Labute approximate surface area is 266 Å². The summed E-state index contributed by atoms with van der Waals surface area (Å²) in [6.45, 7) is 17.8. The first-order chi connectivity index (χ1) is 21.2. The van der Waals surface area contributed by atoms with Crippen molar-refractivity contribution in [1.29, 1.82) is 0 Å². The number of amides is 5. The number of likely N-dealkylation sites (tertiary alicyclic amines) is 1. The predicted molar refractivity (Wildman–Crippen MR) is 173 cm³/mol. The van der Waals surface area contributed by atoms with Crippen LogP contribution in [-0.4, -0.2) is 71.2 Å². The number of carbonyl (C=O) groups is 5. The number of nitrogens with zero attached hydrogens (tertiary/aromatic N) is 1. The van der Waals surface area contributed by atoms with Crippen LogP contribution in [0.1, 0.15) is 65.0 Å². The number of fused-ring (bicyclic) bond motifs is 2. The molecule has 2 fully saturated rings. The summed E-state index contributed by atoms with van der Waals surface area (Å²) in [5.41, 5.74) is 1.61. The fraction of sp³-hybridized carbons (Fsp3) is 0.571. The van der Waals surface area contributed by atoms with Gasteiger partial charge in [-0.05, 0) is 87.2 Å². The van der Waals surface area contributed by atoms with Crippen molar-refractivity contribution in [2.75, 3.05) is 13.1 Å². The van der Waals surface area contributed by atoms with Gasteiger partial charge in [0.2, 0.25) is 17.6 Å². The van der Waals surface area contributed by atoms with E-state index in [1.807, 2.05) is 45.0 Å². The summed E-state index contributed by atoms with van der Waals surface area (Å²) >= 11 is 0. The fourth-order valence-corrected chi connectivity index (χ4v) is 7.06. The molecule has 1 saturated heterocycles. The lowest BCUT2D eigenvalue weighted by Crippen LogP contribution is -2.61. The van der Waals surface area contributed by atoms with Gasteiger partial charge in [-0.2, -0.15) is 0 Å². The average Bonchev–Trinajstić information content (AvgIpc) is 3.34. The summed E-state index contributed by atoms with van der Waals surface area (Å²) in [7, 11) is 0. The minimum atomic E-state index is -1.06. The molecule has 1 aliphatic heterocycles. The third-order valence-corrected chi connectivity index (χ3v) is 9.51. The quantitative estimate of drug-likeness (QED) is 0.153. The van der Waals surface area contributed by atoms with E-state index in [2.05, 4.69) is 48.3 Å². The van der Waals surface area contributed by atoms with Gasteiger partial charge >= 0.3 is 6.03 Å². The first kappa shape index (κ1) is 33.9. The number of piperidine rings is 1. The van der Waals surface area contributed by atoms with Crippen molar-refractivity contribution in [2.24, 2.45) is 23.2 Å². The summed E-state index contributed by atoms with van der Waals surface area (Å²) < 4.78 is 0. The molecule has 0 bridgehead atoms. The molecule has 0 spiro atoms. The fourth-order valence-electron chi connectivity index (χ4n) is 7.06. The molecule has 10 heteroatoms. The topological polar surface area (TPSA) is 137 Å². The van der Waals surface area contributed by atoms with E-state index in [-0.39, 0.29) is 42.0 Å².